The first-order valence-electron chi connectivity index (χ1n) is 6.27. The summed E-state index contributed by atoms with van der Waals surface area (Å²) in [5, 5.41) is 10.7. The molecule has 19 heavy (non-hydrogen) atoms. The number of nitrogens with two attached hydrogens (primary N) is 1. The van der Waals surface area contributed by atoms with Gasteiger partial charge in [0.1, 0.15) is 0 Å². The van der Waals surface area contributed by atoms with Crippen molar-refractivity contribution in [2.45, 2.75) is 25.9 Å². The lowest BCUT2D eigenvalue weighted by molar-refractivity contribution is -0.384. The molecule has 0 aliphatic carbocycles. The molecule has 1 aromatic rings. The lowest BCUT2D eigenvalue weighted by atomic mass is 9.94. The number of piperidine rings is 1. The van der Waals surface area contributed by atoms with Crippen molar-refractivity contribution in [3.8, 4) is 0 Å². The molecule has 2 N–H and O–H groups in total. The molecule has 0 saturated carbocycles. The smallest absolute Gasteiger partial charge is 0.269 e. The van der Waals surface area contributed by atoms with Crippen molar-refractivity contribution in [1.29, 1.82) is 0 Å². The van der Waals surface area contributed by atoms with E-state index in [1.165, 1.54) is 6.07 Å². The fourth-order valence-corrected chi connectivity index (χ4v) is 2.42. The Morgan fingerprint density at radius 2 is 2.26 bits per heavy atom. The minimum atomic E-state index is -0.349. The first kappa shape index (κ1) is 15.9. The van der Waals surface area contributed by atoms with Crippen LogP contribution in [0.2, 0.25) is 0 Å². The Hall–Kier alpha value is -1.17. The Morgan fingerprint density at radius 3 is 2.89 bits per heavy atom. The van der Waals surface area contributed by atoms with Crippen molar-refractivity contribution >= 4 is 18.1 Å². The number of rotatable bonds is 3. The molecule has 1 aliphatic heterocycles. The molecule has 0 radical (unpaired) electrons. The molecule has 0 spiro atoms. The third-order valence-electron chi connectivity index (χ3n) is 3.58. The van der Waals surface area contributed by atoms with E-state index in [2.05, 4.69) is 11.8 Å². The Kier molecular flexibility index (Phi) is 5.72. The number of nitrogens with zero attached hydrogens (tertiary/aromatic N) is 2. The second-order valence-corrected chi connectivity index (χ2v) is 5.09. The fraction of sp³-hybridized carbons (Fsp3) is 0.538. The zero-order valence-electron chi connectivity index (χ0n) is 11.0. The lowest BCUT2D eigenvalue weighted by Gasteiger charge is -2.35. The summed E-state index contributed by atoms with van der Waals surface area (Å²) in [7, 11) is 0. The van der Waals surface area contributed by atoms with E-state index >= 15 is 0 Å². The van der Waals surface area contributed by atoms with Crippen molar-refractivity contribution in [2.24, 2.45) is 11.7 Å². The first-order chi connectivity index (χ1) is 8.56. The molecule has 5 nitrogen and oxygen atoms in total. The van der Waals surface area contributed by atoms with Crippen LogP contribution >= 0.6 is 12.4 Å². The van der Waals surface area contributed by atoms with Crippen LogP contribution in [0.4, 0.5) is 5.69 Å². The lowest BCUT2D eigenvalue weighted by Crippen LogP contribution is -2.45. The normalized spacial score (nSPS) is 23.7. The van der Waals surface area contributed by atoms with E-state index in [9.17, 15) is 10.1 Å². The van der Waals surface area contributed by atoms with E-state index < -0.39 is 0 Å². The number of likely N-dealkylation sites (tertiary alicyclic amines) is 1. The zero-order valence-corrected chi connectivity index (χ0v) is 11.8. The Labute approximate surface area is 119 Å². The third kappa shape index (κ3) is 4.16. The van der Waals surface area contributed by atoms with E-state index in [0.29, 0.717) is 5.92 Å². The number of hydrogen-bond donors (Lipinski definition) is 1. The predicted molar refractivity (Wildman–Crippen MR) is 77.4 cm³/mol. The van der Waals surface area contributed by atoms with Crippen LogP contribution in [0.25, 0.3) is 0 Å². The van der Waals surface area contributed by atoms with Gasteiger partial charge in [0.15, 0.2) is 0 Å². The first-order valence-corrected chi connectivity index (χ1v) is 6.27. The Morgan fingerprint density at radius 1 is 1.53 bits per heavy atom. The molecule has 2 rings (SSSR count). The number of non-ortho nitro benzene ring substituents is 1. The van der Waals surface area contributed by atoms with Gasteiger partial charge in [0.05, 0.1) is 4.92 Å². The highest BCUT2D eigenvalue weighted by molar-refractivity contribution is 5.85. The highest BCUT2D eigenvalue weighted by Crippen LogP contribution is 2.19. The SMILES string of the molecule is CC1CN(Cc2cccc([N+](=O)[O-])c2)CCC1N.Cl. The Bertz CT molecular complexity index is 442. The van der Waals surface area contributed by atoms with Gasteiger partial charge >= 0.3 is 0 Å². The molecule has 6 heteroatoms. The molecule has 1 heterocycles. The molecule has 106 valence electrons. The van der Waals surface area contributed by atoms with E-state index in [1.54, 1.807) is 12.1 Å². The van der Waals surface area contributed by atoms with E-state index in [0.717, 1.165) is 31.6 Å². The van der Waals surface area contributed by atoms with Crippen molar-refractivity contribution < 1.29 is 4.92 Å². The molecule has 0 amide bonds. The maximum atomic E-state index is 10.7. The molecule has 2 unspecified atom stereocenters. The van der Waals surface area contributed by atoms with Crippen LogP contribution < -0.4 is 5.73 Å². The molecule has 2 atom stereocenters. The summed E-state index contributed by atoms with van der Waals surface area (Å²) >= 11 is 0. The Balaban J connectivity index is 0.00000180. The van der Waals surface area contributed by atoms with Gasteiger partial charge in [-0.2, -0.15) is 0 Å². The summed E-state index contributed by atoms with van der Waals surface area (Å²) in [6.45, 7) is 4.85. The average molecular weight is 286 g/mol. The van der Waals surface area contributed by atoms with Gasteiger partial charge in [0.2, 0.25) is 0 Å². The van der Waals surface area contributed by atoms with Crippen molar-refractivity contribution in [2.75, 3.05) is 13.1 Å². The van der Waals surface area contributed by atoms with Gasteiger partial charge in [0, 0.05) is 31.3 Å². The number of nitro groups is 1. The predicted octanol–water partition coefficient (Wildman–Crippen LogP) is 2.19. The van der Waals surface area contributed by atoms with Gasteiger partial charge < -0.3 is 5.73 Å². The molecule has 1 aromatic carbocycles. The molecule has 0 aromatic heterocycles. The third-order valence-corrected chi connectivity index (χ3v) is 3.58. The maximum absolute atomic E-state index is 10.7. The van der Waals surface area contributed by atoms with Gasteiger partial charge in [-0.25, -0.2) is 0 Å². The number of benzene rings is 1. The van der Waals surface area contributed by atoms with Gasteiger partial charge in [-0.1, -0.05) is 19.1 Å². The highest BCUT2D eigenvalue weighted by Gasteiger charge is 2.23. The summed E-state index contributed by atoms with van der Waals surface area (Å²) in [6.07, 6.45) is 0.996. The molecule has 0 bridgehead atoms. The van der Waals surface area contributed by atoms with Crippen LogP contribution in [0, 0.1) is 16.0 Å². The number of halogens is 1. The summed E-state index contributed by atoms with van der Waals surface area (Å²) in [4.78, 5) is 12.7. The number of nitro benzene ring substituents is 1. The van der Waals surface area contributed by atoms with Crippen molar-refractivity contribution in [3.05, 3.63) is 39.9 Å². The fourth-order valence-electron chi connectivity index (χ4n) is 2.42. The summed E-state index contributed by atoms with van der Waals surface area (Å²) < 4.78 is 0. The van der Waals surface area contributed by atoms with Gasteiger partial charge in [-0.3, -0.25) is 15.0 Å². The minimum absolute atomic E-state index is 0. The van der Waals surface area contributed by atoms with Crippen LogP contribution in [0.15, 0.2) is 24.3 Å². The van der Waals surface area contributed by atoms with Gasteiger partial charge in [-0.05, 0) is 24.4 Å². The van der Waals surface area contributed by atoms with E-state index in [-0.39, 0.29) is 29.1 Å². The van der Waals surface area contributed by atoms with Crippen LogP contribution in [-0.4, -0.2) is 29.0 Å². The van der Waals surface area contributed by atoms with E-state index in [1.807, 2.05) is 6.07 Å². The monoisotopic (exact) mass is 285 g/mol. The second-order valence-electron chi connectivity index (χ2n) is 5.09. The number of hydrogen-bond acceptors (Lipinski definition) is 4. The molecular weight excluding hydrogens is 266 g/mol. The zero-order chi connectivity index (χ0) is 13.1. The van der Waals surface area contributed by atoms with Gasteiger partial charge in [0.25, 0.3) is 5.69 Å². The summed E-state index contributed by atoms with van der Waals surface area (Å²) in [6, 6.07) is 7.14. The van der Waals surface area contributed by atoms with Crippen LogP contribution in [-0.2, 0) is 6.54 Å². The van der Waals surface area contributed by atoms with Crippen molar-refractivity contribution in [3.63, 3.8) is 0 Å². The molecule has 1 fully saturated rings. The standard InChI is InChI=1S/C13H19N3O2.ClH/c1-10-8-15(6-5-13(10)14)9-11-3-2-4-12(7-11)16(17)18;/h2-4,7,10,13H,5-6,8-9,14H2,1H3;1H. The summed E-state index contributed by atoms with van der Waals surface area (Å²) in [5.41, 5.74) is 7.14. The largest absolute Gasteiger partial charge is 0.327 e. The summed E-state index contributed by atoms with van der Waals surface area (Å²) in [5.74, 6) is 0.484. The second kappa shape index (κ2) is 6.84. The van der Waals surface area contributed by atoms with Crippen LogP contribution in [0.3, 0.4) is 0 Å². The topological polar surface area (TPSA) is 72.4 Å². The minimum Gasteiger partial charge on any atom is -0.327 e. The molecule has 1 saturated heterocycles. The van der Waals surface area contributed by atoms with Crippen molar-refractivity contribution in [1.82, 2.24) is 4.90 Å². The maximum Gasteiger partial charge on any atom is 0.269 e. The molecular formula is C13H20ClN3O2. The van der Waals surface area contributed by atoms with Crippen LogP contribution in [0.5, 0.6) is 0 Å². The quantitative estimate of drug-likeness (QED) is 0.682. The van der Waals surface area contributed by atoms with Crippen LogP contribution in [0.1, 0.15) is 18.9 Å². The van der Waals surface area contributed by atoms with Gasteiger partial charge in [-0.15, -0.1) is 12.4 Å². The average Bonchev–Trinajstić information content (AvgIpc) is 2.34. The van der Waals surface area contributed by atoms with E-state index in [4.69, 9.17) is 5.73 Å². The molecule has 1 aliphatic rings. The highest BCUT2D eigenvalue weighted by atomic mass is 35.5.